The van der Waals surface area contributed by atoms with E-state index in [1.807, 2.05) is 13.8 Å². The van der Waals surface area contributed by atoms with Crippen molar-refractivity contribution in [3.05, 3.63) is 35.6 Å². The van der Waals surface area contributed by atoms with Gasteiger partial charge in [0.1, 0.15) is 11.9 Å². The highest BCUT2D eigenvalue weighted by atomic mass is 19.4. The van der Waals surface area contributed by atoms with Gasteiger partial charge < -0.3 is 15.0 Å². The lowest BCUT2D eigenvalue weighted by atomic mass is 10.1. The lowest BCUT2D eigenvalue weighted by Crippen LogP contribution is -2.50. The number of unbranched alkanes of at least 4 members (excludes halogenated alkanes) is 1. The summed E-state index contributed by atoms with van der Waals surface area (Å²) in [5.41, 5.74) is 0.883. The molecule has 0 saturated carbocycles. The van der Waals surface area contributed by atoms with Gasteiger partial charge in [0.05, 0.1) is 12.6 Å². The first-order valence-corrected chi connectivity index (χ1v) is 9.29. The van der Waals surface area contributed by atoms with Crippen LogP contribution in [0.5, 0.6) is 0 Å². The Morgan fingerprint density at radius 2 is 1.93 bits per heavy atom. The van der Waals surface area contributed by atoms with Crippen molar-refractivity contribution in [2.75, 3.05) is 26.2 Å². The summed E-state index contributed by atoms with van der Waals surface area (Å²) in [5.74, 6) is 0.375. The second kappa shape index (κ2) is 9.92. The monoisotopic (exact) mass is 389 g/mol. The summed E-state index contributed by atoms with van der Waals surface area (Å²) in [6.07, 6.45) is -4.71. The molecule has 0 radical (unpaired) electrons. The molecule has 1 heterocycles. The van der Waals surface area contributed by atoms with Crippen LogP contribution < -0.4 is 5.32 Å². The minimum Gasteiger partial charge on any atom is -0.367 e. The molecule has 0 bridgehead atoms. The van der Waals surface area contributed by atoms with Crippen LogP contribution in [0.2, 0.25) is 0 Å². The highest BCUT2D eigenvalue weighted by Crippen LogP contribution is 2.26. The molecule has 8 heteroatoms. The molecular formula is C19H27F4N3O. The summed E-state index contributed by atoms with van der Waals surface area (Å²) in [7, 11) is 0. The molecule has 2 atom stereocenters. The summed E-state index contributed by atoms with van der Waals surface area (Å²) in [5, 5.41) is 3.20. The lowest BCUT2D eigenvalue weighted by molar-refractivity contribution is -0.135. The van der Waals surface area contributed by atoms with Crippen LogP contribution in [0.4, 0.5) is 17.6 Å². The molecule has 1 aromatic rings. The van der Waals surface area contributed by atoms with Gasteiger partial charge in [-0.3, -0.25) is 4.99 Å². The molecule has 4 nitrogen and oxygen atoms in total. The van der Waals surface area contributed by atoms with Crippen molar-refractivity contribution >= 4 is 5.96 Å². The van der Waals surface area contributed by atoms with Crippen LogP contribution in [0.15, 0.2) is 29.3 Å². The molecule has 0 amide bonds. The van der Waals surface area contributed by atoms with Crippen molar-refractivity contribution in [2.24, 2.45) is 4.99 Å². The van der Waals surface area contributed by atoms with Crippen molar-refractivity contribution in [1.82, 2.24) is 10.2 Å². The Hall–Kier alpha value is -1.83. The van der Waals surface area contributed by atoms with Gasteiger partial charge >= 0.3 is 6.18 Å². The van der Waals surface area contributed by atoms with E-state index in [1.54, 1.807) is 12.1 Å². The van der Waals surface area contributed by atoms with E-state index in [0.29, 0.717) is 38.6 Å². The molecule has 0 spiro atoms. The highest BCUT2D eigenvalue weighted by Gasteiger charge is 2.28. The number of hydrogen-bond donors (Lipinski definition) is 1. The van der Waals surface area contributed by atoms with Crippen LogP contribution in [0, 0.1) is 5.82 Å². The minimum absolute atomic E-state index is 0.0529. The van der Waals surface area contributed by atoms with Crippen molar-refractivity contribution in [3.8, 4) is 0 Å². The molecular weight excluding hydrogens is 362 g/mol. The number of guanidine groups is 1. The van der Waals surface area contributed by atoms with Crippen molar-refractivity contribution < 1.29 is 22.3 Å². The fourth-order valence-electron chi connectivity index (χ4n) is 3.03. The molecule has 0 aromatic heterocycles. The molecule has 1 N–H and O–H groups in total. The Morgan fingerprint density at radius 1 is 1.22 bits per heavy atom. The number of nitrogens with zero attached hydrogens (tertiary/aromatic N) is 2. The van der Waals surface area contributed by atoms with Crippen LogP contribution in [-0.2, 0) is 4.74 Å². The maximum atomic E-state index is 13.2. The van der Waals surface area contributed by atoms with Gasteiger partial charge in [0.2, 0.25) is 0 Å². The Kier molecular flexibility index (Phi) is 7.89. The maximum Gasteiger partial charge on any atom is 0.389 e. The van der Waals surface area contributed by atoms with Crippen LogP contribution in [0.3, 0.4) is 0 Å². The zero-order valence-electron chi connectivity index (χ0n) is 15.7. The van der Waals surface area contributed by atoms with E-state index < -0.39 is 12.6 Å². The van der Waals surface area contributed by atoms with Gasteiger partial charge in [-0.2, -0.15) is 13.2 Å². The molecule has 1 saturated heterocycles. The number of rotatable bonds is 6. The van der Waals surface area contributed by atoms with Crippen LogP contribution in [0.25, 0.3) is 0 Å². The van der Waals surface area contributed by atoms with Gasteiger partial charge in [-0.1, -0.05) is 12.1 Å². The Bertz CT molecular complexity index is 604. The second-order valence-corrected chi connectivity index (χ2v) is 6.70. The van der Waals surface area contributed by atoms with E-state index in [-0.39, 0.29) is 24.4 Å². The SMILES string of the molecule is CCNC(=NCCCCC(F)(F)F)N1CC(C)OC(c2ccc(F)cc2)C1. The normalized spacial score (nSPS) is 21.4. The average molecular weight is 389 g/mol. The number of halogens is 4. The number of alkyl halides is 3. The summed E-state index contributed by atoms with van der Waals surface area (Å²) in [6, 6.07) is 6.22. The van der Waals surface area contributed by atoms with Gasteiger partial charge in [0, 0.05) is 26.1 Å². The number of hydrogen-bond acceptors (Lipinski definition) is 2. The van der Waals surface area contributed by atoms with Gasteiger partial charge in [0.25, 0.3) is 0 Å². The smallest absolute Gasteiger partial charge is 0.367 e. The van der Waals surface area contributed by atoms with E-state index in [2.05, 4.69) is 15.2 Å². The summed E-state index contributed by atoms with van der Waals surface area (Å²) in [6.45, 7) is 6.08. The molecule has 2 unspecified atom stereocenters. The third-order valence-electron chi connectivity index (χ3n) is 4.27. The van der Waals surface area contributed by atoms with E-state index in [0.717, 1.165) is 5.56 Å². The first-order chi connectivity index (χ1) is 12.8. The average Bonchev–Trinajstić information content (AvgIpc) is 2.59. The Morgan fingerprint density at radius 3 is 2.56 bits per heavy atom. The quantitative estimate of drug-likeness (QED) is 0.341. The van der Waals surface area contributed by atoms with E-state index in [4.69, 9.17) is 4.74 Å². The van der Waals surface area contributed by atoms with Crippen molar-refractivity contribution in [2.45, 2.75) is 51.5 Å². The fraction of sp³-hybridized carbons (Fsp3) is 0.632. The Labute approximate surface area is 157 Å². The molecule has 1 aliphatic rings. The number of aliphatic imine (C=N–C) groups is 1. The summed E-state index contributed by atoms with van der Waals surface area (Å²) in [4.78, 5) is 6.53. The van der Waals surface area contributed by atoms with Crippen LogP contribution >= 0.6 is 0 Å². The largest absolute Gasteiger partial charge is 0.389 e. The van der Waals surface area contributed by atoms with E-state index in [9.17, 15) is 17.6 Å². The first kappa shape index (κ1) is 21.5. The molecule has 152 valence electrons. The van der Waals surface area contributed by atoms with Crippen molar-refractivity contribution in [3.63, 3.8) is 0 Å². The third-order valence-corrected chi connectivity index (χ3v) is 4.27. The topological polar surface area (TPSA) is 36.9 Å². The molecule has 1 aliphatic heterocycles. The summed E-state index contributed by atoms with van der Waals surface area (Å²) < 4.78 is 55.8. The first-order valence-electron chi connectivity index (χ1n) is 9.29. The van der Waals surface area contributed by atoms with Crippen LogP contribution in [-0.4, -0.2) is 49.3 Å². The number of morpholine rings is 1. The third kappa shape index (κ3) is 7.36. The molecule has 1 fully saturated rings. The molecule has 1 aromatic carbocycles. The summed E-state index contributed by atoms with van der Waals surface area (Å²) >= 11 is 0. The van der Waals surface area contributed by atoms with Crippen molar-refractivity contribution in [1.29, 1.82) is 0 Å². The second-order valence-electron chi connectivity index (χ2n) is 6.70. The van der Waals surface area contributed by atoms with E-state index >= 15 is 0 Å². The van der Waals surface area contributed by atoms with Crippen LogP contribution in [0.1, 0.15) is 44.8 Å². The number of benzene rings is 1. The van der Waals surface area contributed by atoms with Gasteiger partial charge in [-0.15, -0.1) is 0 Å². The zero-order chi connectivity index (χ0) is 19.9. The lowest BCUT2D eigenvalue weighted by Gasteiger charge is -2.38. The molecule has 0 aliphatic carbocycles. The van der Waals surface area contributed by atoms with Gasteiger partial charge in [-0.25, -0.2) is 4.39 Å². The fourth-order valence-corrected chi connectivity index (χ4v) is 3.03. The van der Waals surface area contributed by atoms with Gasteiger partial charge in [-0.05, 0) is 44.4 Å². The minimum atomic E-state index is -4.11. The maximum absolute atomic E-state index is 13.2. The van der Waals surface area contributed by atoms with E-state index in [1.165, 1.54) is 12.1 Å². The predicted octanol–water partition coefficient (Wildman–Crippen LogP) is 4.29. The predicted molar refractivity (Wildman–Crippen MR) is 97.1 cm³/mol. The van der Waals surface area contributed by atoms with Gasteiger partial charge in [0.15, 0.2) is 5.96 Å². The zero-order valence-corrected chi connectivity index (χ0v) is 15.7. The highest BCUT2D eigenvalue weighted by molar-refractivity contribution is 5.80. The standard InChI is InChI=1S/C19H27F4N3O/c1-3-24-18(25-11-5-4-10-19(21,22)23)26-12-14(2)27-17(13-26)15-6-8-16(20)9-7-15/h6-9,14,17H,3-5,10-13H2,1-2H3,(H,24,25). The molecule has 27 heavy (non-hydrogen) atoms. The molecule has 2 rings (SSSR count). The number of ether oxygens (including phenoxy) is 1. The number of nitrogens with one attached hydrogen (secondary N) is 1. The Balaban J connectivity index is 1.99.